The largest absolute Gasteiger partial charge is 0.396 e. The van der Waals surface area contributed by atoms with Gasteiger partial charge >= 0.3 is 0 Å². The predicted octanol–water partition coefficient (Wildman–Crippen LogP) is -0.542. The standard InChI is InChI=1S/C7H11N3O3/c11-3-1-2-7(12)8-4-6-9-5-13-10-6/h5,11H,1-4H2,(H,8,12). The number of nitrogens with zero attached hydrogens (tertiary/aromatic N) is 2. The number of hydrogen-bond acceptors (Lipinski definition) is 5. The van der Waals surface area contributed by atoms with Gasteiger partial charge < -0.3 is 14.9 Å². The maximum absolute atomic E-state index is 11.0. The Hall–Kier alpha value is -1.43. The molecular formula is C7H11N3O3. The molecule has 1 amide bonds. The summed E-state index contributed by atoms with van der Waals surface area (Å²) in [5.74, 6) is 0.316. The van der Waals surface area contributed by atoms with Gasteiger partial charge in [0, 0.05) is 13.0 Å². The predicted molar refractivity (Wildman–Crippen MR) is 42.5 cm³/mol. The van der Waals surface area contributed by atoms with E-state index in [2.05, 4.69) is 20.0 Å². The molecule has 0 saturated carbocycles. The zero-order valence-corrected chi connectivity index (χ0v) is 7.06. The van der Waals surface area contributed by atoms with Crippen molar-refractivity contribution >= 4 is 5.91 Å². The second-order valence-electron chi connectivity index (χ2n) is 2.45. The van der Waals surface area contributed by atoms with E-state index in [0.717, 1.165) is 0 Å². The van der Waals surface area contributed by atoms with Crippen molar-refractivity contribution in [1.29, 1.82) is 0 Å². The minimum absolute atomic E-state index is 0.0234. The molecule has 0 unspecified atom stereocenters. The van der Waals surface area contributed by atoms with Gasteiger partial charge in [-0.1, -0.05) is 5.16 Å². The molecule has 0 aromatic carbocycles. The molecule has 0 saturated heterocycles. The topological polar surface area (TPSA) is 88.2 Å². The average Bonchev–Trinajstić information content (AvgIpc) is 2.64. The second-order valence-corrected chi connectivity index (χ2v) is 2.45. The summed E-state index contributed by atoms with van der Waals surface area (Å²) in [6.45, 7) is 0.288. The molecule has 1 rings (SSSR count). The molecule has 0 radical (unpaired) electrons. The van der Waals surface area contributed by atoms with Crippen LogP contribution in [-0.2, 0) is 11.3 Å². The first-order valence-corrected chi connectivity index (χ1v) is 3.95. The van der Waals surface area contributed by atoms with Gasteiger partial charge in [-0.05, 0) is 6.42 Å². The van der Waals surface area contributed by atoms with Crippen molar-refractivity contribution in [3.05, 3.63) is 12.2 Å². The number of nitrogens with one attached hydrogen (secondary N) is 1. The summed E-state index contributed by atoms with van der Waals surface area (Å²) in [4.78, 5) is 14.7. The highest BCUT2D eigenvalue weighted by atomic mass is 16.5. The lowest BCUT2D eigenvalue weighted by Crippen LogP contribution is -2.23. The number of aromatic nitrogens is 2. The van der Waals surface area contributed by atoms with Crippen LogP contribution in [-0.4, -0.2) is 27.8 Å². The molecule has 0 aliphatic rings. The monoisotopic (exact) mass is 185 g/mol. The molecule has 0 atom stereocenters. The average molecular weight is 185 g/mol. The quantitative estimate of drug-likeness (QED) is 0.643. The molecule has 6 heteroatoms. The van der Waals surface area contributed by atoms with Crippen LogP contribution in [0.2, 0.25) is 0 Å². The molecule has 0 fully saturated rings. The molecule has 0 bridgehead atoms. The number of rotatable bonds is 5. The highest BCUT2D eigenvalue weighted by molar-refractivity contribution is 5.75. The molecule has 13 heavy (non-hydrogen) atoms. The van der Waals surface area contributed by atoms with Crippen LogP contribution in [0.4, 0.5) is 0 Å². The van der Waals surface area contributed by atoms with Crippen molar-refractivity contribution in [1.82, 2.24) is 15.5 Å². The normalized spacial score (nSPS) is 9.92. The molecule has 0 aliphatic carbocycles. The zero-order chi connectivity index (χ0) is 9.52. The first-order valence-electron chi connectivity index (χ1n) is 3.95. The van der Waals surface area contributed by atoms with E-state index in [1.54, 1.807) is 0 Å². The van der Waals surface area contributed by atoms with Crippen LogP contribution < -0.4 is 5.32 Å². The Labute approximate surface area is 74.9 Å². The van der Waals surface area contributed by atoms with E-state index in [4.69, 9.17) is 5.11 Å². The lowest BCUT2D eigenvalue weighted by molar-refractivity contribution is -0.121. The van der Waals surface area contributed by atoms with Crippen LogP contribution in [0.3, 0.4) is 0 Å². The Morgan fingerprint density at radius 1 is 1.69 bits per heavy atom. The fraction of sp³-hybridized carbons (Fsp3) is 0.571. The number of aliphatic hydroxyl groups is 1. The zero-order valence-electron chi connectivity index (χ0n) is 7.06. The summed E-state index contributed by atoms with van der Waals surface area (Å²) in [7, 11) is 0. The van der Waals surface area contributed by atoms with E-state index in [-0.39, 0.29) is 19.1 Å². The summed E-state index contributed by atoms with van der Waals surface area (Å²) >= 11 is 0. The minimum Gasteiger partial charge on any atom is -0.396 e. The third-order valence-corrected chi connectivity index (χ3v) is 1.41. The Morgan fingerprint density at radius 2 is 2.54 bits per heavy atom. The van der Waals surface area contributed by atoms with Crippen LogP contribution in [0.1, 0.15) is 18.7 Å². The Balaban J connectivity index is 2.15. The lowest BCUT2D eigenvalue weighted by atomic mass is 10.3. The highest BCUT2D eigenvalue weighted by Crippen LogP contribution is 1.90. The third kappa shape index (κ3) is 3.66. The van der Waals surface area contributed by atoms with Crippen molar-refractivity contribution in [2.45, 2.75) is 19.4 Å². The minimum atomic E-state index is -0.126. The van der Waals surface area contributed by atoms with Gasteiger partial charge in [0.1, 0.15) is 0 Å². The van der Waals surface area contributed by atoms with Crippen molar-refractivity contribution in [2.75, 3.05) is 6.61 Å². The van der Waals surface area contributed by atoms with E-state index in [0.29, 0.717) is 18.7 Å². The van der Waals surface area contributed by atoms with Crippen LogP contribution in [0, 0.1) is 0 Å². The fourth-order valence-electron chi connectivity index (χ4n) is 0.776. The first kappa shape index (κ1) is 9.66. The van der Waals surface area contributed by atoms with Gasteiger partial charge in [-0.2, -0.15) is 4.98 Å². The van der Waals surface area contributed by atoms with E-state index in [9.17, 15) is 4.79 Å². The first-order chi connectivity index (χ1) is 6.33. The molecule has 1 heterocycles. The molecule has 1 aromatic rings. The second kappa shape index (κ2) is 5.26. The number of aliphatic hydroxyl groups excluding tert-OH is 1. The fourth-order valence-corrected chi connectivity index (χ4v) is 0.776. The van der Waals surface area contributed by atoms with Gasteiger partial charge in [0.2, 0.25) is 12.3 Å². The molecular weight excluding hydrogens is 174 g/mol. The van der Waals surface area contributed by atoms with Gasteiger partial charge in [0.15, 0.2) is 5.82 Å². The van der Waals surface area contributed by atoms with Crippen LogP contribution in [0.15, 0.2) is 10.9 Å². The summed E-state index contributed by atoms with van der Waals surface area (Å²) in [6, 6.07) is 0. The molecule has 1 aromatic heterocycles. The van der Waals surface area contributed by atoms with Gasteiger partial charge in [0.05, 0.1) is 6.54 Å². The summed E-state index contributed by atoms with van der Waals surface area (Å²) in [5, 5.41) is 14.6. The van der Waals surface area contributed by atoms with Crippen molar-refractivity contribution in [3.63, 3.8) is 0 Å². The summed E-state index contributed by atoms with van der Waals surface area (Å²) in [5.41, 5.74) is 0. The van der Waals surface area contributed by atoms with Crippen molar-refractivity contribution in [2.24, 2.45) is 0 Å². The third-order valence-electron chi connectivity index (χ3n) is 1.41. The Morgan fingerprint density at radius 3 is 3.15 bits per heavy atom. The summed E-state index contributed by atoms with van der Waals surface area (Å²) in [6.07, 6.45) is 1.99. The van der Waals surface area contributed by atoms with Gasteiger partial charge in [-0.15, -0.1) is 0 Å². The van der Waals surface area contributed by atoms with E-state index >= 15 is 0 Å². The van der Waals surface area contributed by atoms with Crippen molar-refractivity contribution in [3.8, 4) is 0 Å². The van der Waals surface area contributed by atoms with Crippen LogP contribution in [0.25, 0.3) is 0 Å². The van der Waals surface area contributed by atoms with Gasteiger partial charge in [-0.3, -0.25) is 4.79 Å². The van der Waals surface area contributed by atoms with Crippen molar-refractivity contribution < 1.29 is 14.4 Å². The maximum atomic E-state index is 11.0. The Kier molecular flexibility index (Phi) is 3.90. The summed E-state index contributed by atoms with van der Waals surface area (Å²) < 4.78 is 4.48. The highest BCUT2D eigenvalue weighted by Gasteiger charge is 2.02. The van der Waals surface area contributed by atoms with E-state index in [1.165, 1.54) is 6.39 Å². The number of carbonyl (C=O) groups excluding carboxylic acids is 1. The number of hydrogen-bond donors (Lipinski definition) is 2. The molecule has 0 aliphatic heterocycles. The SMILES string of the molecule is O=C(CCCO)NCc1ncon1. The number of amides is 1. The molecule has 0 spiro atoms. The maximum Gasteiger partial charge on any atom is 0.220 e. The van der Waals surface area contributed by atoms with Crippen LogP contribution in [0.5, 0.6) is 0 Å². The van der Waals surface area contributed by atoms with E-state index in [1.807, 2.05) is 0 Å². The molecule has 2 N–H and O–H groups in total. The van der Waals surface area contributed by atoms with E-state index < -0.39 is 0 Å². The molecule has 6 nitrogen and oxygen atoms in total. The molecule has 72 valence electrons. The van der Waals surface area contributed by atoms with Gasteiger partial charge in [0.25, 0.3) is 0 Å². The lowest BCUT2D eigenvalue weighted by Gasteiger charge is -1.99. The Bertz CT molecular complexity index is 247. The van der Waals surface area contributed by atoms with Gasteiger partial charge in [-0.25, -0.2) is 0 Å². The number of carbonyl (C=O) groups is 1. The smallest absolute Gasteiger partial charge is 0.220 e. The van der Waals surface area contributed by atoms with Crippen LogP contribution >= 0.6 is 0 Å².